The Balaban J connectivity index is 1.99. The number of amides is 1. The number of carbonyl (C=O) groups is 1. The van der Waals surface area contributed by atoms with Gasteiger partial charge in [0.25, 0.3) is 5.91 Å². The number of likely N-dealkylation sites (tertiary alicyclic amines) is 1. The molecule has 2 aromatic rings. The Morgan fingerprint density at radius 1 is 1.44 bits per heavy atom. The second-order valence-electron chi connectivity index (χ2n) is 4.72. The molecular weight excluding hydrogens is 228 g/mol. The molecule has 0 spiro atoms. The predicted octanol–water partition coefficient (Wildman–Crippen LogP) is 1.76. The van der Waals surface area contributed by atoms with Gasteiger partial charge in [0, 0.05) is 18.1 Å². The zero-order valence-electron chi connectivity index (χ0n) is 10.1. The van der Waals surface area contributed by atoms with Crippen LogP contribution in [0.4, 0.5) is 0 Å². The number of nitrogens with one attached hydrogen (secondary N) is 1. The number of H-pyrrole nitrogens is 1. The van der Waals surface area contributed by atoms with Crippen molar-refractivity contribution in [2.75, 3.05) is 13.2 Å². The standard InChI is InChI=1S/C14H16N2O2/c17-9-11-4-2-8-16(11)14(18)12-5-1-3-10-6-7-15-13(10)12/h1,3,5-7,11,15,17H,2,4,8-9H2/t11-/m1/s1. The third kappa shape index (κ3) is 1.69. The van der Waals surface area contributed by atoms with Crippen LogP contribution in [0.3, 0.4) is 0 Å². The Morgan fingerprint density at radius 2 is 2.33 bits per heavy atom. The maximum Gasteiger partial charge on any atom is 0.256 e. The van der Waals surface area contributed by atoms with E-state index in [4.69, 9.17) is 0 Å². The SMILES string of the molecule is O=C(c1cccc2cc[nH]c12)N1CCC[C@@H]1CO. The van der Waals surface area contributed by atoms with Crippen LogP contribution in [0.5, 0.6) is 0 Å². The van der Waals surface area contributed by atoms with E-state index >= 15 is 0 Å². The molecule has 0 unspecified atom stereocenters. The average molecular weight is 244 g/mol. The van der Waals surface area contributed by atoms with Gasteiger partial charge in [-0.3, -0.25) is 4.79 Å². The van der Waals surface area contributed by atoms with Gasteiger partial charge < -0.3 is 15.0 Å². The number of aromatic amines is 1. The predicted molar refractivity (Wildman–Crippen MR) is 69.4 cm³/mol. The second kappa shape index (κ2) is 4.46. The molecule has 3 rings (SSSR count). The minimum Gasteiger partial charge on any atom is -0.394 e. The van der Waals surface area contributed by atoms with Crippen molar-refractivity contribution in [1.29, 1.82) is 0 Å². The molecule has 1 aliphatic heterocycles. The summed E-state index contributed by atoms with van der Waals surface area (Å²) in [7, 11) is 0. The van der Waals surface area contributed by atoms with Crippen molar-refractivity contribution in [3.63, 3.8) is 0 Å². The Labute approximate surface area is 105 Å². The Bertz CT molecular complexity index is 576. The monoisotopic (exact) mass is 244 g/mol. The van der Waals surface area contributed by atoms with E-state index in [0.717, 1.165) is 30.3 Å². The molecule has 1 atom stereocenters. The molecule has 2 heterocycles. The summed E-state index contributed by atoms with van der Waals surface area (Å²) in [4.78, 5) is 17.4. The highest BCUT2D eigenvalue weighted by Gasteiger charge is 2.29. The molecule has 0 radical (unpaired) electrons. The van der Waals surface area contributed by atoms with Crippen LogP contribution in [0.15, 0.2) is 30.5 Å². The number of benzene rings is 1. The minimum absolute atomic E-state index is 0.0135. The Kier molecular flexibility index (Phi) is 2.80. The van der Waals surface area contributed by atoms with Gasteiger partial charge in [0.2, 0.25) is 0 Å². The summed E-state index contributed by atoms with van der Waals surface area (Å²) in [5, 5.41) is 10.3. The smallest absolute Gasteiger partial charge is 0.256 e. The van der Waals surface area contributed by atoms with Crippen molar-refractivity contribution in [3.05, 3.63) is 36.0 Å². The molecule has 18 heavy (non-hydrogen) atoms. The largest absolute Gasteiger partial charge is 0.394 e. The van der Waals surface area contributed by atoms with Gasteiger partial charge in [-0.05, 0) is 25.0 Å². The molecule has 2 N–H and O–H groups in total. The van der Waals surface area contributed by atoms with E-state index in [0.29, 0.717) is 5.56 Å². The highest BCUT2D eigenvalue weighted by atomic mass is 16.3. The van der Waals surface area contributed by atoms with E-state index in [-0.39, 0.29) is 18.6 Å². The number of hydrogen-bond acceptors (Lipinski definition) is 2. The molecule has 1 fully saturated rings. The number of aliphatic hydroxyl groups is 1. The molecule has 1 saturated heterocycles. The summed E-state index contributed by atoms with van der Waals surface area (Å²) in [6.45, 7) is 0.785. The molecule has 1 aromatic heterocycles. The van der Waals surface area contributed by atoms with E-state index in [2.05, 4.69) is 4.98 Å². The van der Waals surface area contributed by atoms with Crippen molar-refractivity contribution in [3.8, 4) is 0 Å². The average Bonchev–Trinajstić information content (AvgIpc) is 3.05. The lowest BCUT2D eigenvalue weighted by Crippen LogP contribution is -2.37. The highest BCUT2D eigenvalue weighted by Crippen LogP contribution is 2.23. The third-order valence-corrected chi connectivity index (χ3v) is 3.67. The normalized spacial score (nSPS) is 19.6. The van der Waals surface area contributed by atoms with E-state index in [1.807, 2.05) is 30.5 Å². The fourth-order valence-electron chi connectivity index (χ4n) is 2.71. The van der Waals surface area contributed by atoms with Gasteiger partial charge in [0.15, 0.2) is 0 Å². The van der Waals surface area contributed by atoms with Crippen LogP contribution in [0, 0.1) is 0 Å². The number of para-hydroxylation sites is 1. The third-order valence-electron chi connectivity index (χ3n) is 3.67. The second-order valence-corrected chi connectivity index (χ2v) is 4.72. The van der Waals surface area contributed by atoms with Gasteiger partial charge in [0.1, 0.15) is 0 Å². The van der Waals surface area contributed by atoms with Gasteiger partial charge in [0.05, 0.1) is 23.7 Å². The number of aromatic nitrogens is 1. The fraction of sp³-hybridized carbons (Fsp3) is 0.357. The number of fused-ring (bicyclic) bond motifs is 1. The first-order chi connectivity index (χ1) is 8.81. The van der Waals surface area contributed by atoms with Crippen LogP contribution in [0.25, 0.3) is 10.9 Å². The molecule has 4 heteroatoms. The van der Waals surface area contributed by atoms with Crippen LogP contribution in [-0.4, -0.2) is 40.1 Å². The summed E-state index contributed by atoms with van der Waals surface area (Å²) >= 11 is 0. The van der Waals surface area contributed by atoms with Gasteiger partial charge >= 0.3 is 0 Å². The van der Waals surface area contributed by atoms with Gasteiger partial charge in [-0.15, -0.1) is 0 Å². The molecule has 0 bridgehead atoms. The molecule has 1 aromatic carbocycles. The minimum atomic E-state index is -0.0253. The number of carbonyl (C=O) groups excluding carboxylic acids is 1. The van der Waals surface area contributed by atoms with Crippen LogP contribution >= 0.6 is 0 Å². The fourth-order valence-corrected chi connectivity index (χ4v) is 2.71. The lowest BCUT2D eigenvalue weighted by molar-refractivity contribution is 0.0679. The van der Waals surface area contributed by atoms with Crippen LogP contribution in [0.1, 0.15) is 23.2 Å². The lowest BCUT2D eigenvalue weighted by atomic mass is 10.1. The molecule has 94 valence electrons. The maximum atomic E-state index is 12.5. The molecule has 4 nitrogen and oxygen atoms in total. The van der Waals surface area contributed by atoms with Crippen molar-refractivity contribution in [2.24, 2.45) is 0 Å². The first-order valence-corrected chi connectivity index (χ1v) is 6.29. The molecule has 0 aliphatic carbocycles. The molecule has 0 saturated carbocycles. The molecule has 1 amide bonds. The quantitative estimate of drug-likeness (QED) is 0.845. The number of nitrogens with zero attached hydrogens (tertiary/aromatic N) is 1. The van der Waals surface area contributed by atoms with E-state index in [1.54, 1.807) is 4.90 Å². The molecular formula is C14H16N2O2. The zero-order valence-corrected chi connectivity index (χ0v) is 10.1. The van der Waals surface area contributed by atoms with Gasteiger partial charge in [-0.25, -0.2) is 0 Å². The van der Waals surface area contributed by atoms with E-state index < -0.39 is 0 Å². The number of aliphatic hydroxyl groups excluding tert-OH is 1. The van der Waals surface area contributed by atoms with Crippen molar-refractivity contribution >= 4 is 16.8 Å². The van der Waals surface area contributed by atoms with Gasteiger partial charge in [-0.2, -0.15) is 0 Å². The number of rotatable bonds is 2. The zero-order chi connectivity index (χ0) is 12.5. The first-order valence-electron chi connectivity index (χ1n) is 6.29. The number of hydrogen-bond donors (Lipinski definition) is 2. The summed E-state index contributed by atoms with van der Waals surface area (Å²) < 4.78 is 0. The van der Waals surface area contributed by atoms with Crippen LogP contribution in [-0.2, 0) is 0 Å². The summed E-state index contributed by atoms with van der Waals surface area (Å²) in [6.07, 6.45) is 3.70. The van der Waals surface area contributed by atoms with Crippen molar-refractivity contribution in [2.45, 2.75) is 18.9 Å². The molecule has 1 aliphatic rings. The van der Waals surface area contributed by atoms with Crippen molar-refractivity contribution < 1.29 is 9.90 Å². The Hall–Kier alpha value is -1.81. The summed E-state index contributed by atoms with van der Waals surface area (Å²) in [5.41, 5.74) is 1.57. The topological polar surface area (TPSA) is 56.3 Å². The summed E-state index contributed by atoms with van der Waals surface area (Å²) in [6, 6.07) is 7.65. The van der Waals surface area contributed by atoms with Crippen LogP contribution in [0.2, 0.25) is 0 Å². The summed E-state index contributed by atoms with van der Waals surface area (Å²) in [5.74, 6) is 0.0135. The van der Waals surface area contributed by atoms with Gasteiger partial charge in [-0.1, -0.05) is 12.1 Å². The van der Waals surface area contributed by atoms with E-state index in [9.17, 15) is 9.90 Å². The first kappa shape index (κ1) is 11.3. The van der Waals surface area contributed by atoms with Crippen molar-refractivity contribution in [1.82, 2.24) is 9.88 Å². The highest BCUT2D eigenvalue weighted by molar-refractivity contribution is 6.05. The van der Waals surface area contributed by atoms with Crippen LogP contribution < -0.4 is 0 Å². The van der Waals surface area contributed by atoms with E-state index in [1.165, 1.54) is 0 Å². The Morgan fingerprint density at radius 3 is 3.17 bits per heavy atom. The lowest BCUT2D eigenvalue weighted by Gasteiger charge is -2.23. The maximum absolute atomic E-state index is 12.5.